The van der Waals surface area contributed by atoms with Gasteiger partial charge in [-0.3, -0.25) is 9.48 Å². The molecule has 7 heteroatoms. The van der Waals surface area contributed by atoms with Gasteiger partial charge in [0.2, 0.25) is 5.91 Å². The number of carbonyl (C=O) groups excluding carboxylic acids is 1. The first-order chi connectivity index (χ1) is 12.4. The number of carbonyl (C=O) groups is 1. The normalized spacial score (nSPS) is 15.7. The Labute approximate surface area is 150 Å². The molecule has 0 spiro atoms. The number of nitrogens with zero attached hydrogens (tertiary/aromatic N) is 2. The highest BCUT2D eigenvalue weighted by atomic mass is 19.4. The summed E-state index contributed by atoms with van der Waals surface area (Å²) in [6, 6.07) is 10.6. The van der Waals surface area contributed by atoms with Crippen molar-refractivity contribution >= 4 is 5.91 Å². The topological polar surface area (TPSA) is 46.9 Å². The quantitative estimate of drug-likeness (QED) is 0.803. The van der Waals surface area contributed by atoms with Gasteiger partial charge in [-0.15, -0.1) is 0 Å². The largest absolute Gasteiger partial charge is 0.435 e. The second-order valence-corrected chi connectivity index (χ2v) is 6.61. The molecule has 0 saturated heterocycles. The zero-order chi connectivity index (χ0) is 18.7. The van der Waals surface area contributed by atoms with Crippen LogP contribution in [0, 0.1) is 0 Å². The fourth-order valence-electron chi connectivity index (χ4n) is 3.12. The summed E-state index contributed by atoms with van der Waals surface area (Å²) in [5, 5.41) is 6.54. The van der Waals surface area contributed by atoms with Crippen LogP contribution in [0.25, 0.3) is 0 Å². The van der Waals surface area contributed by atoms with Crippen LogP contribution in [0.1, 0.15) is 55.0 Å². The van der Waals surface area contributed by atoms with E-state index >= 15 is 0 Å². The second kappa shape index (κ2) is 7.51. The van der Waals surface area contributed by atoms with Gasteiger partial charge in [-0.05, 0) is 30.9 Å². The highest BCUT2D eigenvalue weighted by molar-refractivity contribution is 5.83. The highest BCUT2D eigenvalue weighted by Gasteiger charge is 2.37. The lowest BCUT2D eigenvalue weighted by atomic mass is 9.96. The van der Waals surface area contributed by atoms with Crippen molar-refractivity contribution < 1.29 is 18.0 Å². The van der Waals surface area contributed by atoms with Gasteiger partial charge >= 0.3 is 6.18 Å². The van der Waals surface area contributed by atoms with Crippen molar-refractivity contribution in [1.82, 2.24) is 15.1 Å². The Hall–Kier alpha value is -2.31. The summed E-state index contributed by atoms with van der Waals surface area (Å²) in [6.45, 7) is 2.42. The molecule has 2 aromatic rings. The standard InChI is InChI=1S/C19H22F3N3O/c1-2-15(13-6-4-3-5-7-13)18(26)23-10-11-25-16(14-8-9-14)12-17(24-25)19(20,21)22/h3-7,12,14-15H,2,8-11H2,1H3,(H,23,26). The maximum absolute atomic E-state index is 12.9. The Morgan fingerprint density at radius 1 is 1.31 bits per heavy atom. The van der Waals surface area contributed by atoms with Crippen molar-refractivity contribution in [3.63, 3.8) is 0 Å². The van der Waals surface area contributed by atoms with Gasteiger partial charge in [0.25, 0.3) is 0 Å². The first-order valence-corrected chi connectivity index (χ1v) is 8.87. The molecule has 1 amide bonds. The van der Waals surface area contributed by atoms with Gasteiger partial charge < -0.3 is 5.32 Å². The molecule has 1 heterocycles. The van der Waals surface area contributed by atoms with Gasteiger partial charge in [0.15, 0.2) is 5.69 Å². The first-order valence-electron chi connectivity index (χ1n) is 8.87. The van der Waals surface area contributed by atoms with Gasteiger partial charge in [-0.2, -0.15) is 18.3 Å². The molecule has 1 fully saturated rings. The predicted molar refractivity (Wildman–Crippen MR) is 91.7 cm³/mol. The monoisotopic (exact) mass is 365 g/mol. The molecule has 1 aliphatic carbocycles. The molecular formula is C19H22F3N3O. The van der Waals surface area contributed by atoms with E-state index in [0.717, 1.165) is 24.5 Å². The smallest absolute Gasteiger partial charge is 0.354 e. The molecule has 1 aliphatic rings. The average Bonchev–Trinajstić information content (AvgIpc) is 3.35. The molecule has 0 aliphatic heterocycles. The second-order valence-electron chi connectivity index (χ2n) is 6.61. The number of hydrogen-bond acceptors (Lipinski definition) is 2. The Morgan fingerprint density at radius 3 is 2.58 bits per heavy atom. The average molecular weight is 365 g/mol. The molecule has 1 atom stereocenters. The number of aromatic nitrogens is 2. The summed E-state index contributed by atoms with van der Waals surface area (Å²) >= 11 is 0. The van der Waals surface area contributed by atoms with Gasteiger partial charge in [0.05, 0.1) is 12.5 Å². The lowest BCUT2D eigenvalue weighted by Crippen LogP contribution is -2.32. The molecule has 0 radical (unpaired) electrons. The Kier molecular flexibility index (Phi) is 5.34. The van der Waals surface area contributed by atoms with Crippen LogP contribution in [0.5, 0.6) is 0 Å². The van der Waals surface area contributed by atoms with Crippen LogP contribution >= 0.6 is 0 Å². The van der Waals surface area contributed by atoms with Crippen LogP contribution in [0.3, 0.4) is 0 Å². The molecular weight excluding hydrogens is 343 g/mol. The molecule has 140 valence electrons. The van der Waals surface area contributed by atoms with Crippen molar-refractivity contribution in [3.8, 4) is 0 Å². The minimum atomic E-state index is -4.45. The number of alkyl halides is 3. The van der Waals surface area contributed by atoms with E-state index in [9.17, 15) is 18.0 Å². The lowest BCUT2D eigenvalue weighted by Gasteiger charge is -2.16. The molecule has 1 aromatic carbocycles. The Bertz CT molecular complexity index is 751. The van der Waals surface area contributed by atoms with Crippen LogP contribution in [-0.2, 0) is 17.5 Å². The van der Waals surface area contributed by atoms with Crippen molar-refractivity contribution in [2.45, 2.75) is 50.7 Å². The van der Waals surface area contributed by atoms with Crippen LogP contribution in [0.4, 0.5) is 13.2 Å². The molecule has 3 rings (SSSR count). The van der Waals surface area contributed by atoms with Crippen molar-refractivity contribution in [1.29, 1.82) is 0 Å². The molecule has 1 N–H and O–H groups in total. The van der Waals surface area contributed by atoms with E-state index in [-0.39, 0.29) is 30.8 Å². The summed E-state index contributed by atoms with van der Waals surface area (Å²) in [4.78, 5) is 12.4. The van der Waals surface area contributed by atoms with Gasteiger partial charge in [-0.1, -0.05) is 37.3 Å². The molecule has 4 nitrogen and oxygen atoms in total. The molecule has 1 aromatic heterocycles. The number of nitrogens with one attached hydrogen (secondary N) is 1. The summed E-state index contributed by atoms with van der Waals surface area (Å²) < 4.78 is 40.1. The SMILES string of the molecule is CCC(C(=O)NCCn1nc(C(F)(F)F)cc1C1CC1)c1ccccc1. The van der Waals surface area contributed by atoms with Crippen LogP contribution < -0.4 is 5.32 Å². The number of halogens is 3. The summed E-state index contributed by atoms with van der Waals surface area (Å²) in [7, 11) is 0. The van der Waals surface area contributed by atoms with Crippen molar-refractivity contribution in [2.24, 2.45) is 0 Å². The van der Waals surface area contributed by atoms with E-state index in [1.165, 1.54) is 4.68 Å². The van der Waals surface area contributed by atoms with E-state index < -0.39 is 11.9 Å². The third-order valence-electron chi connectivity index (χ3n) is 4.65. The van der Waals surface area contributed by atoms with Crippen LogP contribution in [0.15, 0.2) is 36.4 Å². The molecule has 26 heavy (non-hydrogen) atoms. The summed E-state index contributed by atoms with van der Waals surface area (Å²) in [5.41, 5.74) is 0.688. The number of amides is 1. The van der Waals surface area contributed by atoms with E-state index in [2.05, 4.69) is 10.4 Å². The lowest BCUT2D eigenvalue weighted by molar-refractivity contribution is -0.141. The van der Waals surface area contributed by atoms with Crippen molar-refractivity contribution in [2.75, 3.05) is 6.54 Å². The van der Waals surface area contributed by atoms with Gasteiger partial charge in [0, 0.05) is 18.2 Å². The summed E-state index contributed by atoms with van der Waals surface area (Å²) in [6.07, 6.45) is -2.01. The highest BCUT2D eigenvalue weighted by Crippen LogP contribution is 2.42. The van der Waals surface area contributed by atoms with Gasteiger partial charge in [0.1, 0.15) is 0 Å². The maximum atomic E-state index is 12.9. The van der Waals surface area contributed by atoms with Gasteiger partial charge in [-0.25, -0.2) is 0 Å². The van der Waals surface area contributed by atoms with E-state index in [4.69, 9.17) is 0 Å². The van der Waals surface area contributed by atoms with Crippen molar-refractivity contribution in [3.05, 3.63) is 53.3 Å². The number of rotatable bonds is 7. The minimum Gasteiger partial charge on any atom is -0.354 e. The Morgan fingerprint density at radius 2 is 2.00 bits per heavy atom. The number of hydrogen-bond donors (Lipinski definition) is 1. The first kappa shape index (κ1) is 18.5. The van der Waals surface area contributed by atoms with E-state index in [1.807, 2.05) is 37.3 Å². The van der Waals surface area contributed by atoms with Crippen LogP contribution in [-0.4, -0.2) is 22.2 Å². The number of benzene rings is 1. The fourth-order valence-corrected chi connectivity index (χ4v) is 3.12. The third kappa shape index (κ3) is 4.26. The van der Waals surface area contributed by atoms with Crippen LogP contribution in [0.2, 0.25) is 0 Å². The molecule has 0 bridgehead atoms. The third-order valence-corrected chi connectivity index (χ3v) is 4.65. The maximum Gasteiger partial charge on any atom is 0.435 e. The zero-order valence-corrected chi connectivity index (χ0v) is 14.6. The predicted octanol–water partition coefficient (Wildman–Crippen LogP) is 4.09. The van der Waals surface area contributed by atoms with E-state index in [0.29, 0.717) is 12.1 Å². The zero-order valence-electron chi connectivity index (χ0n) is 14.6. The van der Waals surface area contributed by atoms with E-state index in [1.54, 1.807) is 0 Å². The molecule has 1 unspecified atom stereocenters. The Balaban J connectivity index is 1.62. The summed E-state index contributed by atoms with van der Waals surface area (Å²) in [5.74, 6) is -0.223. The molecule has 1 saturated carbocycles. The fraction of sp³-hybridized carbons (Fsp3) is 0.474. The minimum absolute atomic E-state index is 0.116.